The fourth-order valence-corrected chi connectivity index (χ4v) is 5.98. The first-order valence-electron chi connectivity index (χ1n) is 11.9. The van der Waals surface area contributed by atoms with Gasteiger partial charge in [0, 0.05) is 43.6 Å². The van der Waals surface area contributed by atoms with E-state index in [4.69, 9.17) is 23.2 Å². The quantitative estimate of drug-likeness (QED) is 0.233. The molecule has 0 aromatic heterocycles. The molecular weight excluding hydrogens is 560 g/mol. The molecule has 0 bridgehead atoms. The Labute approximate surface area is 237 Å². The molecule has 0 heterocycles. The standard InChI is InChI=1S/C29H26Cl2FN3O3S/c1-34(2)28-15-14-24(33-29(36)26-8-3-4-9-27(26)31)16-21(28)19-35(18-20-10-12-23(32)13-11-20)39(37,38)25-7-5-6-22(30)17-25/h3-17H,18-19H2,1-2H3,(H,33,36). The predicted octanol–water partition coefficient (Wildman–Crippen LogP) is 6.84. The molecule has 202 valence electrons. The minimum atomic E-state index is -4.03. The molecule has 4 aromatic carbocycles. The van der Waals surface area contributed by atoms with E-state index in [0.717, 1.165) is 5.69 Å². The van der Waals surface area contributed by atoms with Crippen LogP contribution in [0.4, 0.5) is 15.8 Å². The van der Waals surface area contributed by atoms with Gasteiger partial charge in [0.2, 0.25) is 10.0 Å². The lowest BCUT2D eigenvalue weighted by molar-refractivity contribution is 0.102. The summed E-state index contributed by atoms with van der Waals surface area (Å²) >= 11 is 12.3. The van der Waals surface area contributed by atoms with Gasteiger partial charge < -0.3 is 10.2 Å². The van der Waals surface area contributed by atoms with Crippen LogP contribution in [0.25, 0.3) is 0 Å². The molecule has 0 saturated carbocycles. The summed E-state index contributed by atoms with van der Waals surface area (Å²) in [6.45, 7) is -0.0479. The van der Waals surface area contributed by atoms with Gasteiger partial charge in [-0.1, -0.05) is 53.5 Å². The largest absolute Gasteiger partial charge is 0.377 e. The third kappa shape index (κ3) is 6.96. The van der Waals surface area contributed by atoms with Crippen molar-refractivity contribution in [2.45, 2.75) is 18.0 Å². The van der Waals surface area contributed by atoms with E-state index in [1.807, 2.05) is 19.0 Å². The Kier molecular flexibility index (Phi) is 8.92. The minimum Gasteiger partial charge on any atom is -0.377 e. The van der Waals surface area contributed by atoms with Crippen LogP contribution in [0.3, 0.4) is 0 Å². The van der Waals surface area contributed by atoms with Gasteiger partial charge in [0.05, 0.1) is 15.5 Å². The monoisotopic (exact) mass is 585 g/mol. The van der Waals surface area contributed by atoms with Gasteiger partial charge >= 0.3 is 0 Å². The number of nitrogens with zero attached hydrogens (tertiary/aromatic N) is 2. The Morgan fingerprint density at radius 1 is 0.872 bits per heavy atom. The van der Waals surface area contributed by atoms with Gasteiger partial charge in [0.1, 0.15) is 5.82 Å². The molecule has 39 heavy (non-hydrogen) atoms. The van der Waals surface area contributed by atoms with E-state index in [2.05, 4.69) is 5.32 Å². The van der Waals surface area contributed by atoms with Gasteiger partial charge in [-0.25, -0.2) is 12.8 Å². The number of carbonyl (C=O) groups excluding carboxylic acids is 1. The lowest BCUT2D eigenvalue weighted by Crippen LogP contribution is -2.31. The summed E-state index contributed by atoms with van der Waals surface area (Å²) < 4.78 is 42.5. The number of rotatable bonds is 9. The second-order valence-electron chi connectivity index (χ2n) is 9.03. The van der Waals surface area contributed by atoms with Crippen LogP contribution in [0, 0.1) is 5.82 Å². The normalized spacial score (nSPS) is 11.4. The van der Waals surface area contributed by atoms with Crippen molar-refractivity contribution in [3.8, 4) is 0 Å². The first kappa shape index (κ1) is 28.6. The van der Waals surface area contributed by atoms with E-state index in [-0.39, 0.29) is 28.9 Å². The zero-order valence-electron chi connectivity index (χ0n) is 21.2. The van der Waals surface area contributed by atoms with Gasteiger partial charge in [0.15, 0.2) is 0 Å². The highest BCUT2D eigenvalue weighted by Crippen LogP contribution is 2.29. The number of benzene rings is 4. The van der Waals surface area contributed by atoms with E-state index in [0.29, 0.717) is 27.4 Å². The van der Waals surface area contributed by atoms with Crippen molar-refractivity contribution in [3.05, 3.63) is 124 Å². The van der Waals surface area contributed by atoms with Crippen molar-refractivity contribution in [1.29, 1.82) is 0 Å². The maximum absolute atomic E-state index is 13.8. The molecule has 1 amide bonds. The maximum atomic E-state index is 13.8. The van der Waals surface area contributed by atoms with Crippen molar-refractivity contribution in [2.75, 3.05) is 24.3 Å². The second-order valence-corrected chi connectivity index (χ2v) is 11.8. The lowest BCUT2D eigenvalue weighted by Gasteiger charge is -2.26. The molecule has 0 fully saturated rings. The molecule has 0 unspecified atom stereocenters. The number of hydrogen-bond donors (Lipinski definition) is 1. The van der Waals surface area contributed by atoms with Crippen molar-refractivity contribution in [1.82, 2.24) is 4.31 Å². The van der Waals surface area contributed by atoms with E-state index in [1.54, 1.807) is 66.7 Å². The number of carbonyl (C=O) groups is 1. The molecule has 10 heteroatoms. The summed E-state index contributed by atoms with van der Waals surface area (Å²) in [4.78, 5) is 14.8. The van der Waals surface area contributed by atoms with Crippen LogP contribution in [-0.2, 0) is 23.1 Å². The topological polar surface area (TPSA) is 69.7 Å². The highest BCUT2D eigenvalue weighted by Gasteiger charge is 2.27. The minimum absolute atomic E-state index is 0.0157. The van der Waals surface area contributed by atoms with Crippen LogP contribution < -0.4 is 10.2 Å². The van der Waals surface area contributed by atoms with E-state index in [1.165, 1.54) is 28.6 Å². The summed E-state index contributed by atoms with van der Waals surface area (Å²) in [6, 6.07) is 23.7. The SMILES string of the molecule is CN(C)c1ccc(NC(=O)c2ccccc2Cl)cc1CN(Cc1ccc(F)cc1)S(=O)(=O)c1cccc(Cl)c1. The fraction of sp³-hybridized carbons (Fsp3) is 0.138. The van der Waals surface area contributed by atoms with Crippen LogP contribution in [0.5, 0.6) is 0 Å². The van der Waals surface area contributed by atoms with Crippen molar-refractivity contribution in [2.24, 2.45) is 0 Å². The summed E-state index contributed by atoms with van der Waals surface area (Å²) in [6.07, 6.45) is 0. The molecule has 0 aliphatic carbocycles. The van der Waals surface area contributed by atoms with E-state index < -0.39 is 15.8 Å². The molecule has 0 aliphatic heterocycles. The first-order valence-corrected chi connectivity index (χ1v) is 14.1. The predicted molar refractivity (Wildman–Crippen MR) is 154 cm³/mol. The van der Waals surface area contributed by atoms with Gasteiger partial charge in [-0.3, -0.25) is 4.79 Å². The number of hydrogen-bond acceptors (Lipinski definition) is 4. The Hall–Kier alpha value is -3.43. The number of nitrogens with one attached hydrogen (secondary N) is 1. The number of halogens is 3. The van der Waals surface area contributed by atoms with E-state index in [9.17, 15) is 17.6 Å². The molecule has 4 rings (SSSR count). The Bertz CT molecular complexity index is 1600. The Morgan fingerprint density at radius 3 is 2.26 bits per heavy atom. The second kappa shape index (κ2) is 12.2. The zero-order valence-corrected chi connectivity index (χ0v) is 23.6. The smallest absolute Gasteiger partial charge is 0.257 e. The molecule has 0 aliphatic rings. The highest BCUT2D eigenvalue weighted by molar-refractivity contribution is 7.89. The Morgan fingerprint density at radius 2 is 1.59 bits per heavy atom. The number of sulfonamides is 1. The molecule has 4 aromatic rings. The fourth-order valence-electron chi connectivity index (χ4n) is 4.06. The first-order chi connectivity index (χ1) is 18.5. The highest BCUT2D eigenvalue weighted by atomic mass is 35.5. The molecule has 0 spiro atoms. The van der Waals surface area contributed by atoms with Crippen LogP contribution in [-0.4, -0.2) is 32.7 Å². The average Bonchev–Trinajstić information content (AvgIpc) is 2.89. The van der Waals surface area contributed by atoms with Crippen LogP contribution in [0.2, 0.25) is 10.0 Å². The average molecular weight is 587 g/mol. The molecule has 6 nitrogen and oxygen atoms in total. The summed E-state index contributed by atoms with van der Waals surface area (Å²) in [5, 5.41) is 3.45. The van der Waals surface area contributed by atoms with Crippen LogP contribution >= 0.6 is 23.2 Å². The maximum Gasteiger partial charge on any atom is 0.257 e. The van der Waals surface area contributed by atoms with Crippen molar-refractivity contribution in [3.63, 3.8) is 0 Å². The molecule has 0 radical (unpaired) electrons. The Balaban J connectivity index is 1.73. The zero-order chi connectivity index (χ0) is 28.2. The molecule has 0 saturated heterocycles. The summed E-state index contributed by atoms with van der Waals surface area (Å²) in [5.74, 6) is -0.807. The molecule has 0 atom stereocenters. The van der Waals surface area contributed by atoms with Gasteiger partial charge in [0.25, 0.3) is 5.91 Å². The van der Waals surface area contributed by atoms with Crippen molar-refractivity contribution >= 4 is 50.5 Å². The molecular formula is C29H26Cl2FN3O3S. The van der Waals surface area contributed by atoms with Gasteiger partial charge in [-0.15, -0.1) is 0 Å². The molecule has 1 N–H and O–H groups in total. The van der Waals surface area contributed by atoms with Crippen LogP contribution in [0.15, 0.2) is 95.9 Å². The lowest BCUT2D eigenvalue weighted by atomic mass is 10.1. The summed E-state index contributed by atoms with van der Waals surface area (Å²) in [5.41, 5.74) is 2.80. The van der Waals surface area contributed by atoms with Gasteiger partial charge in [-0.2, -0.15) is 4.31 Å². The van der Waals surface area contributed by atoms with Gasteiger partial charge in [-0.05, 0) is 71.8 Å². The number of anilines is 2. The summed E-state index contributed by atoms with van der Waals surface area (Å²) in [7, 11) is -0.337. The third-order valence-corrected chi connectivity index (χ3v) is 8.34. The number of amides is 1. The van der Waals surface area contributed by atoms with E-state index >= 15 is 0 Å². The van der Waals surface area contributed by atoms with Crippen LogP contribution in [0.1, 0.15) is 21.5 Å². The third-order valence-electron chi connectivity index (χ3n) is 5.99. The van der Waals surface area contributed by atoms with Crippen molar-refractivity contribution < 1.29 is 17.6 Å².